The van der Waals surface area contributed by atoms with Gasteiger partial charge in [0.25, 0.3) is 5.91 Å². The van der Waals surface area contributed by atoms with Crippen LogP contribution in [0.25, 0.3) is 0 Å². The molecule has 1 saturated heterocycles. The van der Waals surface area contributed by atoms with Crippen molar-refractivity contribution in [1.29, 1.82) is 0 Å². The standard InChI is InChI=1S/C14H20N2O3/c1-19-10-8-11-5-2-3-9-16(11)14(18)12-6-4-7-13(17)15-12/h4,6-7,11H,2-3,5,8-10H2,1H3,(H,15,17)/t11-/m1/s1. The number of piperidine rings is 1. The van der Waals surface area contributed by atoms with E-state index in [4.69, 9.17) is 4.74 Å². The highest BCUT2D eigenvalue weighted by molar-refractivity contribution is 5.92. The molecule has 0 unspecified atom stereocenters. The lowest BCUT2D eigenvalue weighted by atomic mass is 9.99. The van der Waals surface area contributed by atoms with Crippen molar-refractivity contribution in [2.75, 3.05) is 20.3 Å². The highest BCUT2D eigenvalue weighted by atomic mass is 16.5. The number of carbonyl (C=O) groups excluding carboxylic acids is 1. The number of amides is 1. The molecule has 19 heavy (non-hydrogen) atoms. The van der Waals surface area contributed by atoms with Crippen molar-refractivity contribution < 1.29 is 9.53 Å². The number of nitrogens with one attached hydrogen (secondary N) is 1. The fourth-order valence-corrected chi connectivity index (χ4v) is 2.55. The Morgan fingerprint density at radius 1 is 1.47 bits per heavy atom. The molecule has 0 spiro atoms. The molecule has 0 bridgehead atoms. The van der Waals surface area contributed by atoms with Gasteiger partial charge in [-0.2, -0.15) is 0 Å². The molecule has 1 aliphatic heterocycles. The van der Waals surface area contributed by atoms with Gasteiger partial charge in [0.05, 0.1) is 0 Å². The first-order chi connectivity index (χ1) is 9.22. The van der Waals surface area contributed by atoms with E-state index in [1.54, 1.807) is 19.2 Å². The molecule has 104 valence electrons. The Labute approximate surface area is 112 Å². The van der Waals surface area contributed by atoms with Gasteiger partial charge in [-0.1, -0.05) is 6.07 Å². The quantitative estimate of drug-likeness (QED) is 0.894. The van der Waals surface area contributed by atoms with Crippen LogP contribution in [-0.4, -0.2) is 42.1 Å². The third kappa shape index (κ3) is 3.44. The predicted molar refractivity (Wildman–Crippen MR) is 72.2 cm³/mol. The second-order valence-electron chi connectivity index (χ2n) is 4.86. The normalized spacial score (nSPS) is 19.4. The van der Waals surface area contributed by atoms with Gasteiger partial charge in [0.1, 0.15) is 5.69 Å². The van der Waals surface area contributed by atoms with E-state index < -0.39 is 0 Å². The second-order valence-corrected chi connectivity index (χ2v) is 4.86. The minimum atomic E-state index is -0.240. The number of rotatable bonds is 4. The Hall–Kier alpha value is -1.62. The van der Waals surface area contributed by atoms with Crippen LogP contribution in [0.4, 0.5) is 0 Å². The third-order valence-corrected chi connectivity index (χ3v) is 3.54. The van der Waals surface area contributed by atoms with E-state index in [2.05, 4.69) is 4.98 Å². The van der Waals surface area contributed by atoms with E-state index in [0.29, 0.717) is 12.3 Å². The first-order valence-electron chi connectivity index (χ1n) is 6.71. The summed E-state index contributed by atoms with van der Waals surface area (Å²) in [4.78, 5) is 28.2. The number of ether oxygens (including phenoxy) is 1. The molecule has 0 saturated carbocycles. The lowest BCUT2D eigenvalue weighted by Crippen LogP contribution is -2.44. The molecule has 1 aromatic rings. The van der Waals surface area contributed by atoms with Crippen molar-refractivity contribution in [3.63, 3.8) is 0 Å². The Kier molecular flexibility index (Phi) is 4.74. The molecule has 2 rings (SSSR count). The number of hydrogen-bond acceptors (Lipinski definition) is 3. The molecular formula is C14H20N2O3. The Bertz CT molecular complexity index is 484. The van der Waals surface area contributed by atoms with Crippen LogP contribution in [0.1, 0.15) is 36.2 Å². The summed E-state index contributed by atoms with van der Waals surface area (Å²) in [5.41, 5.74) is 0.133. The van der Waals surface area contributed by atoms with Crippen molar-refractivity contribution in [3.05, 3.63) is 34.2 Å². The summed E-state index contributed by atoms with van der Waals surface area (Å²) in [6, 6.07) is 4.89. The molecule has 0 aromatic carbocycles. The summed E-state index contributed by atoms with van der Waals surface area (Å²) < 4.78 is 5.10. The number of nitrogens with zero attached hydrogens (tertiary/aromatic N) is 1. The molecule has 1 amide bonds. The maximum Gasteiger partial charge on any atom is 0.270 e. The van der Waals surface area contributed by atoms with Crippen molar-refractivity contribution in [1.82, 2.24) is 9.88 Å². The van der Waals surface area contributed by atoms with Gasteiger partial charge in [0, 0.05) is 32.4 Å². The number of hydrogen-bond donors (Lipinski definition) is 1. The zero-order chi connectivity index (χ0) is 13.7. The molecule has 1 atom stereocenters. The van der Waals surface area contributed by atoms with Crippen LogP contribution < -0.4 is 5.56 Å². The lowest BCUT2D eigenvalue weighted by Gasteiger charge is -2.35. The number of methoxy groups -OCH3 is 1. The Balaban J connectivity index is 2.13. The van der Waals surface area contributed by atoms with E-state index >= 15 is 0 Å². The summed E-state index contributed by atoms with van der Waals surface area (Å²) >= 11 is 0. The summed E-state index contributed by atoms with van der Waals surface area (Å²) in [5.74, 6) is -0.0847. The molecule has 1 aromatic heterocycles. The van der Waals surface area contributed by atoms with Crippen LogP contribution in [0.15, 0.2) is 23.0 Å². The number of H-pyrrole nitrogens is 1. The molecule has 1 fully saturated rings. The molecule has 1 N–H and O–H groups in total. The fourth-order valence-electron chi connectivity index (χ4n) is 2.55. The van der Waals surface area contributed by atoms with Crippen molar-refractivity contribution in [2.45, 2.75) is 31.7 Å². The maximum atomic E-state index is 12.4. The SMILES string of the molecule is COCC[C@H]1CCCCN1C(=O)c1cccc(=O)[nH]1. The smallest absolute Gasteiger partial charge is 0.270 e. The van der Waals surface area contributed by atoms with Gasteiger partial charge in [0.2, 0.25) is 5.56 Å². The van der Waals surface area contributed by atoms with E-state index in [-0.39, 0.29) is 17.5 Å². The van der Waals surface area contributed by atoms with Gasteiger partial charge in [0.15, 0.2) is 0 Å². The zero-order valence-corrected chi connectivity index (χ0v) is 11.2. The van der Waals surface area contributed by atoms with Crippen molar-refractivity contribution in [3.8, 4) is 0 Å². The van der Waals surface area contributed by atoms with Gasteiger partial charge >= 0.3 is 0 Å². The van der Waals surface area contributed by atoms with Crippen LogP contribution in [0.5, 0.6) is 0 Å². The largest absolute Gasteiger partial charge is 0.385 e. The molecule has 1 aliphatic rings. The Morgan fingerprint density at radius 3 is 3.05 bits per heavy atom. The van der Waals surface area contributed by atoms with Gasteiger partial charge in [-0.3, -0.25) is 9.59 Å². The highest BCUT2D eigenvalue weighted by Gasteiger charge is 2.27. The minimum absolute atomic E-state index is 0.0847. The van der Waals surface area contributed by atoms with Crippen LogP contribution in [0.2, 0.25) is 0 Å². The first kappa shape index (κ1) is 13.8. The highest BCUT2D eigenvalue weighted by Crippen LogP contribution is 2.21. The van der Waals surface area contributed by atoms with Crippen LogP contribution in [0, 0.1) is 0 Å². The van der Waals surface area contributed by atoms with E-state index in [0.717, 1.165) is 32.2 Å². The van der Waals surface area contributed by atoms with Gasteiger partial charge < -0.3 is 14.6 Å². The van der Waals surface area contributed by atoms with E-state index in [9.17, 15) is 9.59 Å². The number of pyridine rings is 1. The number of likely N-dealkylation sites (tertiary alicyclic amines) is 1. The first-order valence-corrected chi connectivity index (χ1v) is 6.71. The Morgan fingerprint density at radius 2 is 2.32 bits per heavy atom. The lowest BCUT2D eigenvalue weighted by molar-refractivity contribution is 0.0547. The van der Waals surface area contributed by atoms with Crippen molar-refractivity contribution >= 4 is 5.91 Å². The summed E-state index contributed by atoms with van der Waals surface area (Å²) in [7, 11) is 1.67. The molecule has 5 heteroatoms. The monoisotopic (exact) mass is 264 g/mol. The number of carbonyl (C=O) groups is 1. The molecule has 0 aliphatic carbocycles. The maximum absolute atomic E-state index is 12.4. The van der Waals surface area contributed by atoms with E-state index in [1.807, 2.05) is 4.90 Å². The molecule has 2 heterocycles. The van der Waals surface area contributed by atoms with Crippen molar-refractivity contribution in [2.24, 2.45) is 0 Å². The second kappa shape index (κ2) is 6.52. The number of aromatic nitrogens is 1. The average molecular weight is 264 g/mol. The third-order valence-electron chi connectivity index (χ3n) is 3.54. The van der Waals surface area contributed by atoms with Crippen LogP contribution in [0.3, 0.4) is 0 Å². The summed E-state index contributed by atoms with van der Waals surface area (Å²) in [6.45, 7) is 1.41. The fraction of sp³-hybridized carbons (Fsp3) is 0.571. The average Bonchev–Trinajstić information content (AvgIpc) is 2.44. The van der Waals surface area contributed by atoms with Gasteiger partial charge in [-0.15, -0.1) is 0 Å². The molecular weight excluding hydrogens is 244 g/mol. The zero-order valence-electron chi connectivity index (χ0n) is 11.2. The van der Waals surface area contributed by atoms with Gasteiger partial charge in [-0.05, 0) is 31.7 Å². The van der Waals surface area contributed by atoms with Crippen LogP contribution in [-0.2, 0) is 4.74 Å². The van der Waals surface area contributed by atoms with E-state index in [1.165, 1.54) is 6.07 Å². The topological polar surface area (TPSA) is 62.4 Å². The molecule has 0 radical (unpaired) electrons. The molecule has 5 nitrogen and oxygen atoms in total. The predicted octanol–water partition coefficient (Wildman–Crippen LogP) is 1.41. The van der Waals surface area contributed by atoms with Crippen LogP contribution >= 0.6 is 0 Å². The van der Waals surface area contributed by atoms with Gasteiger partial charge in [-0.25, -0.2) is 0 Å². The number of aromatic amines is 1. The summed E-state index contributed by atoms with van der Waals surface area (Å²) in [6.07, 6.45) is 4.02. The summed E-state index contributed by atoms with van der Waals surface area (Å²) in [5, 5.41) is 0. The minimum Gasteiger partial charge on any atom is -0.385 e.